The molecule has 0 amide bonds. The van der Waals surface area contributed by atoms with Crippen molar-refractivity contribution in [3.63, 3.8) is 0 Å². The lowest BCUT2D eigenvalue weighted by Gasteiger charge is -2.28. The Hall–Kier alpha value is -2.48. The Kier molecular flexibility index (Phi) is 3.68. The SMILES string of the molecule is CN(C)c1ccc2ccccc2c1-c1ccc2c(c1)CCCN2C. The van der Waals surface area contributed by atoms with E-state index in [1.54, 1.807) is 0 Å². The molecule has 0 aliphatic carbocycles. The molecule has 24 heavy (non-hydrogen) atoms. The quantitative estimate of drug-likeness (QED) is 0.659. The van der Waals surface area contributed by atoms with Crippen LogP contribution in [0.25, 0.3) is 21.9 Å². The number of fused-ring (bicyclic) bond motifs is 2. The van der Waals surface area contributed by atoms with Gasteiger partial charge in [-0.05, 0) is 52.9 Å². The van der Waals surface area contributed by atoms with Crippen molar-refractivity contribution in [2.75, 3.05) is 37.5 Å². The van der Waals surface area contributed by atoms with E-state index in [2.05, 4.69) is 85.5 Å². The summed E-state index contributed by atoms with van der Waals surface area (Å²) in [6.07, 6.45) is 2.42. The van der Waals surface area contributed by atoms with Crippen LogP contribution >= 0.6 is 0 Å². The summed E-state index contributed by atoms with van der Waals surface area (Å²) in [6.45, 7) is 1.16. The van der Waals surface area contributed by atoms with Crippen LogP contribution in [0.15, 0.2) is 54.6 Å². The highest BCUT2D eigenvalue weighted by Gasteiger charge is 2.17. The molecule has 0 bridgehead atoms. The molecule has 0 spiro atoms. The molecule has 1 aliphatic rings. The maximum atomic E-state index is 2.40. The molecule has 0 unspecified atom stereocenters. The Bertz CT molecular complexity index is 896. The van der Waals surface area contributed by atoms with Gasteiger partial charge in [-0.15, -0.1) is 0 Å². The van der Waals surface area contributed by atoms with Crippen molar-refractivity contribution in [3.8, 4) is 11.1 Å². The zero-order valence-corrected chi connectivity index (χ0v) is 14.7. The maximum Gasteiger partial charge on any atom is 0.0447 e. The summed E-state index contributed by atoms with van der Waals surface area (Å²) in [5.41, 5.74) is 6.80. The molecule has 0 saturated heterocycles. The molecule has 2 heteroatoms. The summed E-state index contributed by atoms with van der Waals surface area (Å²) >= 11 is 0. The van der Waals surface area contributed by atoms with Crippen molar-refractivity contribution in [3.05, 3.63) is 60.2 Å². The first-order chi connectivity index (χ1) is 11.6. The zero-order chi connectivity index (χ0) is 16.7. The standard InChI is InChI=1S/C22H24N2/c1-23(2)21-13-10-16-7-4-5-9-19(16)22(21)18-11-12-20-17(15-18)8-6-14-24(20)3/h4-5,7,9-13,15H,6,8,14H2,1-3H3. The Labute approximate surface area is 144 Å². The van der Waals surface area contributed by atoms with Gasteiger partial charge in [0, 0.05) is 44.6 Å². The predicted molar refractivity (Wildman–Crippen MR) is 105 cm³/mol. The molecule has 2 nitrogen and oxygen atoms in total. The van der Waals surface area contributed by atoms with Crippen LogP contribution in [0.4, 0.5) is 11.4 Å². The predicted octanol–water partition coefficient (Wildman–Crippen LogP) is 4.96. The third kappa shape index (κ3) is 2.43. The second kappa shape index (κ2) is 5.86. The number of aryl methyl sites for hydroxylation is 1. The Balaban J connectivity index is 1.97. The van der Waals surface area contributed by atoms with Gasteiger partial charge in [0.05, 0.1) is 0 Å². The highest BCUT2D eigenvalue weighted by molar-refractivity contribution is 6.03. The van der Waals surface area contributed by atoms with Crippen LogP contribution in [-0.2, 0) is 6.42 Å². The van der Waals surface area contributed by atoms with Gasteiger partial charge in [0.15, 0.2) is 0 Å². The van der Waals surface area contributed by atoms with Gasteiger partial charge in [-0.25, -0.2) is 0 Å². The largest absolute Gasteiger partial charge is 0.377 e. The van der Waals surface area contributed by atoms with Gasteiger partial charge < -0.3 is 9.80 Å². The molecule has 0 aromatic heterocycles. The van der Waals surface area contributed by atoms with Gasteiger partial charge in [-0.1, -0.05) is 36.4 Å². The van der Waals surface area contributed by atoms with Crippen molar-refractivity contribution < 1.29 is 0 Å². The molecular weight excluding hydrogens is 292 g/mol. The molecule has 4 rings (SSSR count). The summed E-state index contributed by atoms with van der Waals surface area (Å²) in [4.78, 5) is 4.59. The van der Waals surface area contributed by atoms with E-state index in [1.165, 1.54) is 51.7 Å². The fraction of sp³-hybridized carbons (Fsp3) is 0.273. The van der Waals surface area contributed by atoms with E-state index in [0.29, 0.717) is 0 Å². The van der Waals surface area contributed by atoms with Crippen LogP contribution in [-0.4, -0.2) is 27.7 Å². The number of rotatable bonds is 2. The van der Waals surface area contributed by atoms with E-state index in [0.717, 1.165) is 6.54 Å². The Morgan fingerprint density at radius 2 is 1.79 bits per heavy atom. The lowest BCUT2D eigenvalue weighted by Crippen LogP contribution is -2.24. The average molecular weight is 316 g/mol. The van der Waals surface area contributed by atoms with Crippen molar-refractivity contribution in [2.45, 2.75) is 12.8 Å². The number of benzene rings is 3. The van der Waals surface area contributed by atoms with Crippen LogP contribution in [0.5, 0.6) is 0 Å². The molecule has 1 heterocycles. The Morgan fingerprint density at radius 1 is 0.958 bits per heavy atom. The van der Waals surface area contributed by atoms with Gasteiger partial charge in [-0.2, -0.15) is 0 Å². The van der Waals surface area contributed by atoms with Crippen molar-refractivity contribution in [1.29, 1.82) is 0 Å². The lowest BCUT2D eigenvalue weighted by molar-refractivity contribution is 0.745. The van der Waals surface area contributed by atoms with Crippen LogP contribution in [0.3, 0.4) is 0 Å². The van der Waals surface area contributed by atoms with Crippen LogP contribution in [0.2, 0.25) is 0 Å². The zero-order valence-electron chi connectivity index (χ0n) is 14.7. The molecule has 0 saturated carbocycles. The van der Waals surface area contributed by atoms with Crippen LogP contribution < -0.4 is 9.80 Å². The summed E-state index contributed by atoms with van der Waals surface area (Å²) in [5, 5.41) is 2.63. The number of anilines is 2. The third-order valence-electron chi connectivity index (χ3n) is 5.11. The molecule has 0 radical (unpaired) electrons. The second-order valence-electron chi connectivity index (χ2n) is 6.94. The number of nitrogens with zero attached hydrogens (tertiary/aromatic N) is 2. The van der Waals surface area contributed by atoms with Gasteiger partial charge in [-0.3, -0.25) is 0 Å². The van der Waals surface area contributed by atoms with Crippen LogP contribution in [0, 0.1) is 0 Å². The first-order valence-electron chi connectivity index (χ1n) is 8.68. The van der Waals surface area contributed by atoms with Gasteiger partial charge in [0.2, 0.25) is 0 Å². The molecule has 0 fully saturated rings. The molecule has 3 aromatic rings. The number of hydrogen-bond donors (Lipinski definition) is 0. The fourth-order valence-electron chi connectivity index (χ4n) is 3.88. The number of hydrogen-bond acceptors (Lipinski definition) is 2. The maximum absolute atomic E-state index is 2.40. The van der Waals surface area contributed by atoms with Crippen molar-refractivity contribution in [1.82, 2.24) is 0 Å². The van der Waals surface area contributed by atoms with Crippen LogP contribution in [0.1, 0.15) is 12.0 Å². The first-order valence-corrected chi connectivity index (χ1v) is 8.68. The van der Waals surface area contributed by atoms with E-state index in [1.807, 2.05) is 0 Å². The fourth-order valence-corrected chi connectivity index (χ4v) is 3.88. The summed E-state index contributed by atoms with van der Waals surface area (Å²) in [5.74, 6) is 0. The van der Waals surface area contributed by atoms with Crippen molar-refractivity contribution in [2.24, 2.45) is 0 Å². The highest BCUT2D eigenvalue weighted by atomic mass is 15.1. The molecular formula is C22H24N2. The molecule has 0 N–H and O–H groups in total. The minimum atomic E-state index is 1.16. The smallest absolute Gasteiger partial charge is 0.0447 e. The molecule has 3 aromatic carbocycles. The van der Waals surface area contributed by atoms with E-state index < -0.39 is 0 Å². The van der Waals surface area contributed by atoms with E-state index in [-0.39, 0.29) is 0 Å². The van der Waals surface area contributed by atoms with Crippen molar-refractivity contribution >= 4 is 22.1 Å². The summed E-state index contributed by atoms with van der Waals surface area (Å²) in [6, 6.07) is 20.1. The summed E-state index contributed by atoms with van der Waals surface area (Å²) < 4.78 is 0. The van der Waals surface area contributed by atoms with E-state index in [9.17, 15) is 0 Å². The lowest BCUT2D eigenvalue weighted by atomic mass is 9.92. The monoisotopic (exact) mass is 316 g/mol. The second-order valence-corrected chi connectivity index (χ2v) is 6.94. The topological polar surface area (TPSA) is 6.48 Å². The average Bonchev–Trinajstić information content (AvgIpc) is 2.60. The highest BCUT2D eigenvalue weighted by Crippen LogP contribution is 2.39. The minimum absolute atomic E-state index is 1.16. The van der Waals surface area contributed by atoms with E-state index in [4.69, 9.17) is 0 Å². The Morgan fingerprint density at radius 3 is 2.62 bits per heavy atom. The molecule has 122 valence electrons. The van der Waals surface area contributed by atoms with E-state index >= 15 is 0 Å². The van der Waals surface area contributed by atoms with Gasteiger partial charge >= 0.3 is 0 Å². The first kappa shape index (κ1) is 15.1. The molecule has 1 aliphatic heterocycles. The third-order valence-corrected chi connectivity index (χ3v) is 5.11. The van der Waals surface area contributed by atoms with Gasteiger partial charge in [0.25, 0.3) is 0 Å². The molecule has 0 atom stereocenters. The summed E-state index contributed by atoms with van der Waals surface area (Å²) in [7, 11) is 6.44. The van der Waals surface area contributed by atoms with Gasteiger partial charge in [0.1, 0.15) is 0 Å². The normalized spacial score (nSPS) is 13.9. The minimum Gasteiger partial charge on any atom is -0.377 e.